The molecule has 0 aromatic heterocycles. The fourth-order valence-electron chi connectivity index (χ4n) is 2.72. The van der Waals surface area contributed by atoms with Gasteiger partial charge >= 0.3 is 0 Å². The summed E-state index contributed by atoms with van der Waals surface area (Å²) in [4.78, 5) is 14.2. The summed E-state index contributed by atoms with van der Waals surface area (Å²) in [6.07, 6.45) is 5.33. The molecule has 0 atom stereocenters. The molecule has 0 saturated carbocycles. The Bertz CT molecular complexity index is 436. The molecule has 0 N–H and O–H groups in total. The molecule has 0 unspecified atom stereocenters. The van der Waals surface area contributed by atoms with Gasteiger partial charge in [-0.05, 0) is 30.7 Å². The van der Waals surface area contributed by atoms with Crippen LogP contribution in [0.5, 0.6) is 0 Å². The second kappa shape index (κ2) is 8.63. The van der Waals surface area contributed by atoms with Crippen LogP contribution in [-0.2, 0) is 16.0 Å². The number of benzene rings is 1. The molecule has 0 aliphatic carbocycles. The molecule has 1 saturated heterocycles. The summed E-state index contributed by atoms with van der Waals surface area (Å²) < 4.78 is 5.50. The quantitative estimate of drug-likeness (QED) is 0.570. The molecule has 0 bridgehead atoms. The van der Waals surface area contributed by atoms with Crippen molar-refractivity contribution in [2.75, 3.05) is 26.3 Å². The lowest BCUT2D eigenvalue weighted by atomic mass is 9.97. The van der Waals surface area contributed by atoms with Gasteiger partial charge in [0.05, 0.1) is 6.61 Å². The van der Waals surface area contributed by atoms with Gasteiger partial charge in [0, 0.05) is 26.1 Å². The molecule has 1 aromatic rings. The van der Waals surface area contributed by atoms with Crippen LogP contribution in [0.3, 0.4) is 0 Å². The Morgan fingerprint density at radius 1 is 1.29 bits per heavy atom. The van der Waals surface area contributed by atoms with Crippen molar-refractivity contribution in [3.63, 3.8) is 0 Å². The van der Waals surface area contributed by atoms with Gasteiger partial charge in [-0.3, -0.25) is 4.79 Å². The van der Waals surface area contributed by atoms with Crippen LogP contribution in [0.1, 0.15) is 24.8 Å². The van der Waals surface area contributed by atoms with E-state index in [0.717, 1.165) is 39.0 Å². The maximum Gasteiger partial charge on any atom is 0.222 e. The fourth-order valence-corrected chi connectivity index (χ4v) is 2.72. The topological polar surface area (TPSA) is 29.5 Å². The highest BCUT2D eigenvalue weighted by Gasteiger charge is 2.22. The Balaban J connectivity index is 1.67. The molecule has 2 rings (SSSR count). The monoisotopic (exact) mass is 287 g/mol. The van der Waals surface area contributed by atoms with Gasteiger partial charge < -0.3 is 9.64 Å². The highest BCUT2D eigenvalue weighted by Crippen LogP contribution is 2.18. The number of carbonyl (C=O) groups is 1. The molecule has 1 aromatic carbocycles. The number of hydrogen-bond donors (Lipinski definition) is 0. The van der Waals surface area contributed by atoms with Gasteiger partial charge in [-0.25, -0.2) is 0 Å². The molecular weight excluding hydrogens is 262 g/mol. The van der Waals surface area contributed by atoms with E-state index < -0.39 is 0 Å². The largest absolute Gasteiger partial charge is 0.377 e. The van der Waals surface area contributed by atoms with Crippen LogP contribution in [0, 0.1) is 5.92 Å². The number of amides is 1. The molecule has 1 fully saturated rings. The SMILES string of the molecule is C=CCOCC1CCN(C(=O)CCc2ccccc2)CC1. The van der Waals surface area contributed by atoms with E-state index in [4.69, 9.17) is 4.74 Å². The van der Waals surface area contributed by atoms with Crippen molar-refractivity contribution in [3.8, 4) is 0 Å². The van der Waals surface area contributed by atoms with E-state index in [1.54, 1.807) is 6.08 Å². The number of piperidine rings is 1. The first-order valence-corrected chi connectivity index (χ1v) is 7.80. The minimum Gasteiger partial charge on any atom is -0.377 e. The number of hydrogen-bond acceptors (Lipinski definition) is 2. The van der Waals surface area contributed by atoms with Crippen molar-refractivity contribution >= 4 is 5.91 Å². The van der Waals surface area contributed by atoms with Crippen molar-refractivity contribution < 1.29 is 9.53 Å². The highest BCUT2D eigenvalue weighted by atomic mass is 16.5. The van der Waals surface area contributed by atoms with Crippen molar-refractivity contribution in [3.05, 3.63) is 48.6 Å². The third-order valence-electron chi connectivity index (χ3n) is 4.03. The normalized spacial score (nSPS) is 15.9. The molecule has 0 spiro atoms. The lowest BCUT2D eigenvalue weighted by molar-refractivity contribution is -0.132. The van der Waals surface area contributed by atoms with Gasteiger partial charge in [0.2, 0.25) is 5.91 Å². The van der Waals surface area contributed by atoms with Gasteiger partial charge in [-0.15, -0.1) is 6.58 Å². The predicted octanol–water partition coefficient (Wildman–Crippen LogP) is 3.06. The number of aryl methyl sites for hydroxylation is 1. The van der Waals surface area contributed by atoms with E-state index in [0.29, 0.717) is 18.9 Å². The maximum atomic E-state index is 12.2. The Hall–Kier alpha value is -1.61. The van der Waals surface area contributed by atoms with Gasteiger partial charge in [-0.1, -0.05) is 36.4 Å². The summed E-state index contributed by atoms with van der Waals surface area (Å²) in [7, 11) is 0. The first-order valence-electron chi connectivity index (χ1n) is 7.80. The Morgan fingerprint density at radius 2 is 2.00 bits per heavy atom. The van der Waals surface area contributed by atoms with E-state index in [1.165, 1.54) is 5.56 Å². The first-order chi connectivity index (χ1) is 10.3. The summed E-state index contributed by atoms with van der Waals surface area (Å²) in [6, 6.07) is 10.2. The van der Waals surface area contributed by atoms with Crippen LogP contribution in [0.15, 0.2) is 43.0 Å². The average molecular weight is 287 g/mol. The molecular formula is C18H25NO2. The number of carbonyl (C=O) groups excluding carboxylic acids is 1. The van der Waals surface area contributed by atoms with E-state index >= 15 is 0 Å². The molecule has 3 nitrogen and oxygen atoms in total. The summed E-state index contributed by atoms with van der Waals surface area (Å²) >= 11 is 0. The highest BCUT2D eigenvalue weighted by molar-refractivity contribution is 5.76. The number of rotatable bonds is 7. The van der Waals surface area contributed by atoms with Crippen LogP contribution in [0.4, 0.5) is 0 Å². The van der Waals surface area contributed by atoms with Crippen LogP contribution >= 0.6 is 0 Å². The molecule has 0 radical (unpaired) electrons. The lowest BCUT2D eigenvalue weighted by Crippen LogP contribution is -2.39. The van der Waals surface area contributed by atoms with Crippen LogP contribution in [0.2, 0.25) is 0 Å². The van der Waals surface area contributed by atoms with Gasteiger partial charge in [0.25, 0.3) is 0 Å². The van der Waals surface area contributed by atoms with Crippen LogP contribution in [0.25, 0.3) is 0 Å². The number of ether oxygens (including phenoxy) is 1. The molecule has 1 heterocycles. The van der Waals surface area contributed by atoms with Gasteiger partial charge in [0.1, 0.15) is 0 Å². The average Bonchev–Trinajstić information content (AvgIpc) is 2.54. The molecule has 114 valence electrons. The van der Waals surface area contributed by atoms with Gasteiger partial charge in [0.15, 0.2) is 0 Å². The zero-order valence-corrected chi connectivity index (χ0v) is 12.7. The zero-order chi connectivity index (χ0) is 14.9. The van der Waals surface area contributed by atoms with E-state index in [1.807, 2.05) is 23.1 Å². The molecule has 3 heteroatoms. The fraction of sp³-hybridized carbons (Fsp3) is 0.500. The summed E-state index contributed by atoms with van der Waals surface area (Å²) in [5.41, 5.74) is 1.23. The maximum absolute atomic E-state index is 12.2. The molecule has 1 amide bonds. The number of likely N-dealkylation sites (tertiary alicyclic amines) is 1. The summed E-state index contributed by atoms with van der Waals surface area (Å²) in [6.45, 7) is 6.80. The second-order valence-corrected chi connectivity index (χ2v) is 5.64. The summed E-state index contributed by atoms with van der Waals surface area (Å²) in [5, 5.41) is 0. The van der Waals surface area contributed by atoms with E-state index in [-0.39, 0.29) is 5.91 Å². The Morgan fingerprint density at radius 3 is 2.67 bits per heavy atom. The summed E-state index contributed by atoms with van der Waals surface area (Å²) in [5.74, 6) is 0.868. The third-order valence-corrected chi connectivity index (χ3v) is 4.03. The Labute approximate surface area is 127 Å². The molecule has 1 aliphatic heterocycles. The molecule has 1 aliphatic rings. The standard InChI is InChI=1S/C18H25NO2/c1-2-14-21-15-17-10-12-19(13-11-17)18(20)9-8-16-6-4-3-5-7-16/h2-7,17H,1,8-15H2. The number of nitrogens with zero attached hydrogens (tertiary/aromatic N) is 1. The third kappa shape index (κ3) is 5.35. The minimum atomic E-state index is 0.282. The lowest BCUT2D eigenvalue weighted by Gasteiger charge is -2.32. The van der Waals surface area contributed by atoms with Crippen molar-refractivity contribution in [1.29, 1.82) is 0 Å². The van der Waals surface area contributed by atoms with Crippen LogP contribution in [-0.4, -0.2) is 37.1 Å². The Kier molecular flexibility index (Phi) is 6.48. The van der Waals surface area contributed by atoms with E-state index in [2.05, 4.69) is 18.7 Å². The van der Waals surface area contributed by atoms with Gasteiger partial charge in [-0.2, -0.15) is 0 Å². The van der Waals surface area contributed by atoms with Crippen LogP contribution < -0.4 is 0 Å². The predicted molar refractivity (Wildman–Crippen MR) is 85.1 cm³/mol. The van der Waals surface area contributed by atoms with Crippen molar-refractivity contribution in [2.24, 2.45) is 5.92 Å². The minimum absolute atomic E-state index is 0.282. The van der Waals surface area contributed by atoms with Crippen molar-refractivity contribution in [1.82, 2.24) is 4.90 Å². The van der Waals surface area contributed by atoms with E-state index in [9.17, 15) is 4.79 Å². The zero-order valence-electron chi connectivity index (χ0n) is 12.7. The molecule has 21 heavy (non-hydrogen) atoms. The smallest absolute Gasteiger partial charge is 0.222 e. The van der Waals surface area contributed by atoms with Crippen molar-refractivity contribution in [2.45, 2.75) is 25.7 Å². The second-order valence-electron chi connectivity index (χ2n) is 5.64. The first kappa shape index (κ1) is 15.8.